The van der Waals surface area contributed by atoms with Gasteiger partial charge in [0.2, 0.25) is 5.91 Å². The van der Waals surface area contributed by atoms with Gasteiger partial charge in [-0.3, -0.25) is 9.59 Å². The van der Waals surface area contributed by atoms with Crippen molar-refractivity contribution in [2.75, 3.05) is 26.4 Å². The van der Waals surface area contributed by atoms with Crippen molar-refractivity contribution < 1.29 is 24.2 Å². The Balaban J connectivity index is 2.01. The van der Waals surface area contributed by atoms with E-state index in [4.69, 9.17) is 9.47 Å². The number of ether oxygens (including phenoxy) is 2. The van der Waals surface area contributed by atoms with E-state index in [0.29, 0.717) is 19.6 Å². The molecule has 3 unspecified atom stereocenters. The van der Waals surface area contributed by atoms with Crippen LogP contribution in [0.3, 0.4) is 0 Å². The summed E-state index contributed by atoms with van der Waals surface area (Å²) in [5, 5.41) is 9.22. The van der Waals surface area contributed by atoms with Gasteiger partial charge in [0.15, 0.2) is 0 Å². The number of carboxylic acid groups (broad SMARTS) is 1. The molecule has 1 N–H and O–H groups in total. The Morgan fingerprint density at radius 1 is 1.35 bits per heavy atom. The number of amides is 1. The van der Waals surface area contributed by atoms with Gasteiger partial charge < -0.3 is 19.5 Å². The lowest BCUT2D eigenvalue weighted by atomic mass is 10.0. The Kier molecular flexibility index (Phi) is 5.37. The van der Waals surface area contributed by atoms with Gasteiger partial charge in [0, 0.05) is 13.2 Å². The highest BCUT2D eigenvalue weighted by molar-refractivity contribution is 5.79. The molecule has 1 amide bonds. The first-order valence-electron chi connectivity index (χ1n) is 7.35. The number of hydrogen-bond donors (Lipinski definition) is 1. The number of carbonyl (C=O) groups is 2. The summed E-state index contributed by atoms with van der Waals surface area (Å²) in [5.41, 5.74) is 0. The molecule has 0 spiro atoms. The fraction of sp³-hybridized carbons (Fsp3) is 0.857. The van der Waals surface area contributed by atoms with Crippen LogP contribution >= 0.6 is 0 Å². The third-order valence-corrected chi connectivity index (χ3v) is 3.98. The predicted molar refractivity (Wildman–Crippen MR) is 71.3 cm³/mol. The van der Waals surface area contributed by atoms with Crippen LogP contribution < -0.4 is 0 Å². The number of aliphatic carboxylic acids is 1. The van der Waals surface area contributed by atoms with Crippen LogP contribution in [0.1, 0.15) is 32.6 Å². The van der Waals surface area contributed by atoms with Gasteiger partial charge in [0.1, 0.15) is 5.92 Å². The molecule has 2 fully saturated rings. The Bertz CT molecular complexity index is 353. The van der Waals surface area contributed by atoms with Crippen molar-refractivity contribution in [2.24, 2.45) is 5.92 Å². The molecule has 2 rings (SSSR count). The highest BCUT2D eigenvalue weighted by Crippen LogP contribution is 2.23. The smallest absolute Gasteiger partial charge is 0.311 e. The molecule has 6 heteroatoms. The second-order valence-electron chi connectivity index (χ2n) is 5.48. The Labute approximate surface area is 119 Å². The lowest BCUT2D eigenvalue weighted by molar-refractivity contribution is -0.145. The van der Waals surface area contributed by atoms with E-state index in [1.807, 2.05) is 6.92 Å². The van der Waals surface area contributed by atoms with E-state index in [2.05, 4.69) is 0 Å². The standard InChI is InChI=1S/C14H23NO5/c1-2-5-15(12-9-19-8-11(12)14(17)18)13(16)7-10-4-3-6-20-10/h10-12H,2-9H2,1H3,(H,17,18). The summed E-state index contributed by atoms with van der Waals surface area (Å²) in [6.45, 7) is 3.78. The highest BCUT2D eigenvalue weighted by Gasteiger charge is 2.40. The molecule has 0 bridgehead atoms. The van der Waals surface area contributed by atoms with Gasteiger partial charge in [-0.25, -0.2) is 0 Å². The van der Waals surface area contributed by atoms with Gasteiger partial charge in [0.25, 0.3) is 0 Å². The molecule has 0 aromatic heterocycles. The first-order chi connectivity index (χ1) is 9.63. The summed E-state index contributed by atoms with van der Waals surface area (Å²) in [4.78, 5) is 25.4. The molecule has 2 aliphatic heterocycles. The van der Waals surface area contributed by atoms with E-state index in [1.165, 1.54) is 0 Å². The molecule has 0 aromatic rings. The number of carbonyl (C=O) groups excluding carboxylic acids is 1. The van der Waals surface area contributed by atoms with Gasteiger partial charge in [-0.05, 0) is 19.3 Å². The Morgan fingerprint density at radius 3 is 2.75 bits per heavy atom. The first kappa shape index (κ1) is 15.3. The second-order valence-corrected chi connectivity index (χ2v) is 5.48. The topological polar surface area (TPSA) is 76.1 Å². The molecule has 114 valence electrons. The maximum atomic E-state index is 12.4. The number of rotatable bonds is 6. The fourth-order valence-corrected chi connectivity index (χ4v) is 2.92. The van der Waals surface area contributed by atoms with Crippen LogP contribution in [0.2, 0.25) is 0 Å². The van der Waals surface area contributed by atoms with E-state index >= 15 is 0 Å². The summed E-state index contributed by atoms with van der Waals surface area (Å²) in [5.74, 6) is -1.52. The average molecular weight is 285 g/mol. The molecular formula is C14H23NO5. The Hall–Kier alpha value is -1.14. The SMILES string of the molecule is CCCN(C(=O)CC1CCCO1)C1COCC1C(=O)O. The molecule has 6 nitrogen and oxygen atoms in total. The molecule has 2 heterocycles. The molecule has 0 aromatic carbocycles. The van der Waals surface area contributed by atoms with Gasteiger partial charge in [0.05, 0.1) is 31.8 Å². The zero-order valence-electron chi connectivity index (χ0n) is 11.9. The molecule has 0 radical (unpaired) electrons. The summed E-state index contributed by atoms with van der Waals surface area (Å²) in [6, 6.07) is -0.346. The van der Waals surface area contributed by atoms with Crippen LogP contribution in [0.15, 0.2) is 0 Å². The van der Waals surface area contributed by atoms with Crippen LogP contribution in [0.5, 0.6) is 0 Å². The van der Waals surface area contributed by atoms with Crippen LogP contribution in [-0.4, -0.2) is 60.4 Å². The zero-order chi connectivity index (χ0) is 14.5. The monoisotopic (exact) mass is 285 g/mol. The normalized spacial score (nSPS) is 29.6. The first-order valence-corrected chi connectivity index (χ1v) is 7.35. The zero-order valence-corrected chi connectivity index (χ0v) is 11.9. The van der Waals surface area contributed by atoms with Crippen LogP contribution in [0.4, 0.5) is 0 Å². The van der Waals surface area contributed by atoms with Crippen LogP contribution in [-0.2, 0) is 19.1 Å². The van der Waals surface area contributed by atoms with Gasteiger partial charge in [-0.2, -0.15) is 0 Å². The molecule has 2 saturated heterocycles. The fourth-order valence-electron chi connectivity index (χ4n) is 2.92. The van der Waals surface area contributed by atoms with Crippen LogP contribution in [0, 0.1) is 5.92 Å². The van der Waals surface area contributed by atoms with E-state index in [0.717, 1.165) is 25.9 Å². The van der Waals surface area contributed by atoms with E-state index in [-0.39, 0.29) is 24.7 Å². The minimum Gasteiger partial charge on any atom is -0.481 e. The summed E-state index contributed by atoms with van der Waals surface area (Å²) >= 11 is 0. The van der Waals surface area contributed by atoms with Crippen molar-refractivity contribution in [3.63, 3.8) is 0 Å². The predicted octanol–water partition coefficient (Wildman–Crippen LogP) is 0.894. The lowest BCUT2D eigenvalue weighted by Gasteiger charge is -2.31. The maximum Gasteiger partial charge on any atom is 0.311 e. The van der Waals surface area contributed by atoms with Crippen molar-refractivity contribution >= 4 is 11.9 Å². The van der Waals surface area contributed by atoms with E-state index < -0.39 is 11.9 Å². The molecule has 3 atom stereocenters. The molecule has 0 saturated carbocycles. The minimum atomic E-state index is -0.890. The number of carboxylic acids is 1. The summed E-state index contributed by atoms with van der Waals surface area (Å²) < 4.78 is 10.8. The van der Waals surface area contributed by atoms with E-state index in [9.17, 15) is 14.7 Å². The van der Waals surface area contributed by atoms with Gasteiger partial charge in [-0.15, -0.1) is 0 Å². The molecule has 2 aliphatic rings. The average Bonchev–Trinajstić information content (AvgIpc) is 3.06. The number of hydrogen-bond acceptors (Lipinski definition) is 4. The van der Waals surface area contributed by atoms with Gasteiger partial charge >= 0.3 is 5.97 Å². The third kappa shape index (κ3) is 3.49. The van der Waals surface area contributed by atoms with Crippen molar-refractivity contribution in [3.05, 3.63) is 0 Å². The van der Waals surface area contributed by atoms with Gasteiger partial charge in [-0.1, -0.05) is 6.92 Å². The molecular weight excluding hydrogens is 262 g/mol. The highest BCUT2D eigenvalue weighted by atomic mass is 16.5. The largest absolute Gasteiger partial charge is 0.481 e. The number of nitrogens with zero attached hydrogens (tertiary/aromatic N) is 1. The Morgan fingerprint density at radius 2 is 2.15 bits per heavy atom. The quantitative estimate of drug-likeness (QED) is 0.784. The van der Waals surface area contributed by atoms with Crippen molar-refractivity contribution in [3.8, 4) is 0 Å². The van der Waals surface area contributed by atoms with Crippen molar-refractivity contribution in [2.45, 2.75) is 44.8 Å². The second kappa shape index (κ2) is 7.04. The van der Waals surface area contributed by atoms with Crippen molar-refractivity contribution in [1.29, 1.82) is 0 Å². The molecule has 20 heavy (non-hydrogen) atoms. The van der Waals surface area contributed by atoms with Crippen molar-refractivity contribution in [1.82, 2.24) is 4.90 Å². The minimum absolute atomic E-state index is 0.00699. The summed E-state index contributed by atoms with van der Waals surface area (Å²) in [6.07, 6.45) is 3.06. The van der Waals surface area contributed by atoms with Crippen LogP contribution in [0.25, 0.3) is 0 Å². The lowest BCUT2D eigenvalue weighted by Crippen LogP contribution is -2.47. The molecule has 0 aliphatic carbocycles. The van der Waals surface area contributed by atoms with E-state index in [1.54, 1.807) is 4.90 Å². The maximum absolute atomic E-state index is 12.4. The summed E-state index contributed by atoms with van der Waals surface area (Å²) in [7, 11) is 0. The third-order valence-electron chi connectivity index (χ3n) is 3.98.